The van der Waals surface area contributed by atoms with Gasteiger partial charge in [-0.25, -0.2) is 5.48 Å². The minimum Gasteiger partial charge on any atom is -0.394 e. The van der Waals surface area contributed by atoms with Gasteiger partial charge in [-0.15, -0.1) is 0 Å². The van der Waals surface area contributed by atoms with Gasteiger partial charge in [-0.3, -0.25) is 19.6 Å². The summed E-state index contributed by atoms with van der Waals surface area (Å²) in [6.07, 6.45) is 3.43. The number of H-pyrrole nitrogens is 1. The molecule has 1 aromatic carbocycles. The number of aliphatic hydroxyl groups is 1. The van der Waals surface area contributed by atoms with Crippen molar-refractivity contribution in [2.45, 2.75) is 38.1 Å². The third-order valence-corrected chi connectivity index (χ3v) is 5.63. The second-order valence-corrected chi connectivity index (χ2v) is 7.67. The van der Waals surface area contributed by atoms with E-state index in [1.165, 1.54) is 0 Å². The predicted molar refractivity (Wildman–Crippen MR) is 110 cm³/mol. The fraction of sp³-hybridized carbons (Fsp3) is 0.476. The number of para-hydroxylation sites is 1. The van der Waals surface area contributed by atoms with Crippen LogP contribution in [0, 0.1) is 5.92 Å². The maximum atomic E-state index is 12.8. The lowest BCUT2D eigenvalue weighted by atomic mass is 9.91. The molecule has 3 amide bonds. The summed E-state index contributed by atoms with van der Waals surface area (Å²) >= 11 is 0. The number of aromatic nitrogens is 1. The molecule has 1 aliphatic heterocycles. The van der Waals surface area contributed by atoms with Gasteiger partial charge in [0, 0.05) is 30.4 Å². The maximum Gasteiger partial charge on any atom is 0.268 e. The third kappa shape index (κ3) is 5.37. The molecule has 0 bridgehead atoms. The van der Waals surface area contributed by atoms with E-state index in [4.69, 9.17) is 5.21 Å². The van der Waals surface area contributed by atoms with Crippen LogP contribution in [-0.2, 0) is 9.59 Å². The summed E-state index contributed by atoms with van der Waals surface area (Å²) in [6.45, 7) is 0.629. The van der Waals surface area contributed by atoms with Gasteiger partial charge < -0.3 is 20.3 Å². The van der Waals surface area contributed by atoms with Crippen LogP contribution < -0.4 is 10.8 Å². The highest BCUT2D eigenvalue weighted by molar-refractivity contribution is 6.00. The van der Waals surface area contributed by atoms with Crippen molar-refractivity contribution in [1.82, 2.24) is 20.7 Å². The van der Waals surface area contributed by atoms with E-state index < -0.39 is 18.6 Å². The van der Waals surface area contributed by atoms with Crippen LogP contribution in [0.15, 0.2) is 30.3 Å². The summed E-state index contributed by atoms with van der Waals surface area (Å²) in [4.78, 5) is 41.1. The van der Waals surface area contributed by atoms with Crippen LogP contribution in [0.25, 0.3) is 10.9 Å². The highest BCUT2D eigenvalue weighted by Crippen LogP contribution is 2.23. The van der Waals surface area contributed by atoms with Crippen LogP contribution in [0.5, 0.6) is 0 Å². The predicted octanol–water partition coefficient (Wildman–Crippen LogP) is 1.17. The Kier molecular flexibility index (Phi) is 7.42. The fourth-order valence-corrected chi connectivity index (χ4v) is 3.89. The number of aliphatic hydroxyl groups excluding tert-OH is 1. The second kappa shape index (κ2) is 10.2. The lowest BCUT2D eigenvalue weighted by molar-refractivity contribution is -0.135. The van der Waals surface area contributed by atoms with Crippen molar-refractivity contribution < 1.29 is 24.7 Å². The third-order valence-electron chi connectivity index (χ3n) is 5.63. The minimum atomic E-state index is -0.992. The number of aromatic amines is 1. The van der Waals surface area contributed by atoms with Gasteiger partial charge in [-0.1, -0.05) is 18.2 Å². The summed E-state index contributed by atoms with van der Waals surface area (Å²) in [5.41, 5.74) is 2.79. The highest BCUT2D eigenvalue weighted by atomic mass is 16.5. The van der Waals surface area contributed by atoms with E-state index in [0.29, 0.717) is 31.1 Å². The SMILES string of the molecule is O=C(CCCC1CCN(C(=O)[C@H](CO)NC(=O)c2cc3ccccc3[nH]2)CC1)NO. The number of carbonyl (C=O) groups is 3. The molecule has 2 aromatic rings. The van der Waals surface area contributed by atoms with Crippen molar-refractivity contribution >= 4 is 28.6 Å². The normalized spacial score (nSPS) is 15.7. The van der Waals surface area contributed by atoms with E-state index >= 15 is 0 Å². The van der Waals surface area contributed by atoms with Crippen LogP contribution in [0.1, 0.15) is 42.6 Å². The molecule has 1 fully saturated rings. The van der Waals surface area contributed by atoms with Crippen molar-refractivity contribution in [3.05, 3.63) is 36.0 Å². The standard InChI is InChI=1S/C21H28N4O5/c26-13-18(23-20(28)17-12-15-5-1-2-6-16(15)22-17)21(29)25-10-8-14(9-11-25)4-3-7-19(27)24-30/h1-2,5-6,12,14,18,22,26,30H,3-4,7-11,13H2,(H,23,28)(H,24,27)/t18-/m0/s1. The molecule has 9 nitrogen and oxygen atoms in total. The summed E-state index contributed by atoms with van der Waals surface area (Å²) in [5.74, 6) is -0.705. The molecule has 1 atom stereocenters. The van der Waals surface area contributed by atoms with E-state index in [1.54, 1.807) is 16.4 Å². The number of nitrogens with one attached hydrogen (secondary N) is 3. The van der Waals surface area contributed by atoms with Gasteiger partial charge in [0.25, 0.3) is 5.91 Å². The van der Waals surface area contributed by atoms with E-state index in [1.807, 2.05) is 24.3 Å². The van der Waals surface area contributed by atoms with Crippen molar-refractivity contribution in [1.29, 1.82) is 0 Å². The number of hydrogen-bond acceptors (Lipinski definition) is 5. The van der Waals surface area contributed by atoms with Crippen LogP contribution in [0.2, 0.25) is 0 Å². The highest BCUT2D eigenvalue weighted by Gasteiger charge is 2.29. The molecule has 0 radical (unpaired) electrons. The second-order valence-electron chi connectivity index (χ2n) is 7.67. The Hall–Kier alpha value is -2.91. The number of hydroxylamine groups is 1. The molecule has 1 aromatic heterocycles. The Morgan fingerprint density at radius 2 is 1.93 bits per heavy atom. The zero-order valence-electron chi connectivity index (χ0n) is 16.8. The molecular weight excluding hydrogens is 388 g/mol. The molecule has 0 unspecified atom stereocenters. The van der Waals surface area contributed by atoms with E-state index in [-0.39, 0.29) is 18.2 Å². The molecule has 5 N–H and O–H groups in total. The van der Waals surface area contributed by atoms with Crippen molar-refractivity contribution in [2.24, 2.45) is 5.92 Å². The molecule has 1 saturated heterocycles. The Morgan fingerprint density at radius 1 is 1.20 bits per heavy atom. The number of carbonyl (C=O) groups excluding carboxylic acids is 3. The molecule has 0 saturated carbocycles. The smallest absolute Gasteiger partial charge is 0.268 e. The number of amides is 3. The fourth-order valence-electron chi connectivity index (χ4n) is 3.89. The quantitative estimate of drug-likeness (QED) is 0.325. The van der Waals surface area contributed by atoms with E-state index in [9.17, 15) is 19.5 Å². The lowest BCUT2D eigenvalue weighted by Gasteiger charge is -2.34. The average molecular weight is 416 g/mol. The molecule has 30 heavy (non-hydrogen) atoms. The van der Waals surface area contributed by atoms with Gasteiger partial charge in [-0.05, 0) is 43.7 Å². The number of piperidine rings is 1. The van der Waals surface area contributed by atoms with Gasteiger partial charge in [0.15, 0.2) is 0 Å². The largest absolute Gasteiger partial charge is 0.394 e. The first kappa shape index (κ1) is 21.8. The first-order valence-electron chi connectivity index (χ1n) is 10.2. The zero-order valence-corrected chi connectivity index (χ0v) is 16.8. The molecule has 0 spiro atoms. The Morgan fingerprint density at radius 3 is 2.60 bits per heavy atom. The van der Waals surface area contributed by atoms with Crippen molar-refractivity contribution in [3.8, 4) is 0 Å². The molecule has 9 heteroatoms. The van der Waals surface area contributed by atoms with Gasteiger partial charge >= 0.3 is 0 Å². The summed E-state index contributed by atoms with van der Waals surface area (Å²) in [6, 6.07) is 8.22. The van der Waals surface area contributed by atoms with Gasteiger partial charge in [0.1, 0.15) is 11.7 Å². The lowest BCUT2D eigenvalue weighted by Crippen LogP contribution is -2.52. The maximum absolute atomic E-state index is 12.8. The topological polar surface area (TPSA) is 135 Å². The van der Waals surface area contributed by atoms with E-state index in [2.05, 4.69) is 10.3 Å². The Labute approximate surface area is 174 Å². The number of benzene rings is 1. The zero-order chi connectivity index (χ0) is 21.5. The summed E-state index contributed by atoms with van der Waals surface area (Å²) < 4.78 is 0. The molecule has 0 aliphatic carbocycles. The number of fused-ring (bicyclic) bond motifs is 1. The summed E-state index contributed by atoms with van der Waals surface area (Å²) in [7, 11) is 0. The Bertz CT molecular complexity index is 855. The Balaban J connectivity index is 1.50. The summed E-state index contributed by atoms with van der Waals surface area (Å²) in [5, 5.41) is 21.7. The van der Waals surface area contributed by atoms with Crippen LogP contribution in [-0.4, -0.2) is 63.7 Å². The molecule has 2 heterocycles. The number of likely N-dealkylation sites (tertiary alicyclic amines) is 1. The average Bonchev–Trinajstić information content (AvgIpc) is 3.21. The molecule has 162 valence electrons. The number of rotatable bonds is 8. The van der Waals surface area contributed by atoms with Crippen LogP contribution in [0.3, 0.4) is 0 Å². The minimum absolute atomic E-state index is 0.280. The molecule has 1 aliphatic rings. The molecule has 3 rings (SSSR count). The first-order chi connectivity index (χ1) is 14.5. The van der Waals surface area contributed by atoms with Crippen LogP contribution in [0.4, 0.5) is 0 Å². The number of nitrogens with zero attached hydrogens (tertiary/aromatic N) is 1. The van der Waals surface area contributed by atoms with Gasteiger partial charge in [0.05, 0.1) is 6.61 Å². The van der Waals surface area contributed by atoms with E-state index in [0.717, 1.165) is 30.2 Å². The number of hydrogen-bond donors (Lipinski definition) is 5. The van der Waals surface area contributed by atoms with Gasteiger partial charge in [0.2, 0.25) is 11.8 Å². The molecular formula is C21H28N4O5. The monoisotopic (exact) mass is 416 g/mol. The van der Waals surface area contributed by atoms with Gasteiger partial charge in [-0.2, -0.15) is 0 Å². The van der Waals surface area contributed by atoms with Crippen LogP contribution >= 0.6 is 0 Å². The van der Waals surface area contributed by atoms with Crippen molar-refractivity contribution in [2.75, 3.05) is 19.7 Å². The van der Waals surface area contributed by atoms with Crippen molar-refractivity contribution in [3.63, 3.8) is 0 Å². The first-order valence-corrected chi connectivity index (χ1v) is 10.2.